The zero-order valence-corrected chi connectivity index (χ0v) is 10.7. The van der Waals surface area contributed by atoms with E-state index in [0.717, 1.165) is 18.0 Å². The first-order valence-electron chi connectivity index (χ1n) is 6.44. The maximum atomic E-state index is 5.59. The molecule has 0 aliphatic carbocycles. The predicted octanol–water partition coefficient (Wildman–Crippen LogP) is 2.91. The van der Waals surface area contributed by atoms with Gasteiger partial charge in [0, 0.05) is 6.04 Å². The van der Waals surface area contributed by atoms with Crippen molar-refractivity contribution in [2.24, 2.45) is 0 Å². The van der Waals surface area contributed by atoms with E-state index in [1.807, 2.05) is 6.07 Å². The van der Waals surface area contributed by atoms with Crippen LogP contribution in [0.25, 0.3) is 0 Å². The second-order valence-corrected chi connectivity index (χ2v) is 4.43. The first-order chi connectivity index (χ1) is 8.31. The molecule has 17 heavy (non-hydrogen) atoms. The molecule has 1 aromatic rings. The highest BCUT2D eigenvalue weighted by Gasteiger charge is 2.13. The van der Waals surface area contributed by atoms with Crippen LogP contribution in [0.4, 0.5) is 0 Å². The molecule has 0 fully saturated rings. The first-order valence-corrected chi connectivity index (χ1v) is 6.44. The van der Waals surface area contributed by atoms with Crippen LogP contribution in [0.3, 0.4) is 0 Å². The SMILES string of the molecule is CCCCNC(C)c1ccc2c(c1)OCCO2. The summed E-state index contributed by atoms with van der Waals surface area (Å²) in [5.74, 6) is 1.73. The van der Waals surface area contributed by atoms with Crippen molar-refractivity contribution in [1.82, 2.24) is 5.32 Å². The van der Waals surface area contributed by atoms with Gasteiger partial charge in [-0.3, -0.25) is 0 Å². The molecule has 0 aromatic heterocycles. The Kier molecular flexibility index (Phi) is 4.26. The maximum absolute atomic E-state index is 5.59. The number of rotatable bonds is 5. The molecule has 0 saturated heterocycles. The lowest BCUT2D eigenvalue weighted by molar-refractivity contribution is 0.171. The lowest BCUT2D eigenvalue weighted by Gasteiger charge is -2.21. The summed E-state index contributed by atoms with van der Waals surface area (Å²) in [6.07, 6.45) is 2.44. The fourth-order valence-electron chi connectivity index (χ4n) is 1.94. The van der Waals surface area contributed by atoms with Crippen LogP contribution in [0, 0.1) is 0 Å². The van der Waals surface area contributed by atoms with E-state index in [0.29, 0.717) is 19.3 Å². The molecule has 1 N–H and O–H groups in total. The van der Waals surface area contributed by atoms with Crippen LogP contribution in [0.15, 0.2) is 18.2 Å². The Morgan fingerprint density at radius 2 is 2.00 bits per heavy atom. The van der Waals surface area contributed by atoms with E-state index >= 15 is 0 Å². The molecule has 0 radical (unpaired) electrons. The van der Waals surface area contributed by atoms with Crippen molar-refractivity contribution in [3.63, 3.8) is 0 Å². The van der Waals surface area contributed by atoms with Gasteiger partial charge in [0.1, 0.15) is 13.2 Å². The maximum Gasteiger partial charge on any atom is 0.161 e. The summed E-state index contributed by atoms with van der Waals surface area (Å²) >= 11 is 0. The van der Waals surface area contributed by atoms with Gasteiger partial charge in [0.15, 0.2) is 11.5 Å². The molecule has 1 aromatic carbocycles. The summed E-state index contributed by atoms with van der Waals surface area (Å²) in [5.41, 5.74) is 1.25. The van der Waals surface area contributed by atoms with Gasteiger partial charge in [0.05, 0.1) is 0 Å². The van der Waals surface area contributed by atoms with Gasteiger partial charge < -0.3 is 14.8 Å². The van der Waals surface area contributed by atoms with Gasteiger partial charge in [-0.25, -0.2) is 0 Å². The van der Waals surface area contributed by atoms with E-state index in [1.54, 1.807) is 0 Å². The van der Waals surface area contributed by atoms with Gasteiger partial charge >= 0.3 is 0 Å². The third-order valence-corrected chi connectivity index (χ3v) is 3.05. The number of hydrogen-bond donors (Lipinski definition) is 1. The third kappa shape index (κ3) is 3.13. The molecule has 1 atom stereocenters. The molecule has 94 valence electrons. The van der Waals surface area contributed by atoms with Crippen LogP contribution in [-0.2, 0) is 0 Å². The molecule has 2 rings (SSSR count). The zero-order valence-electron chi connectivity index (χ0n) is 10.7. The van der Waals surface area contributed by atoms with Crippen molar-refractivity contribution >= 4 is 0 Å². The quantitative estimate of drug-likeness (QED) is 0.796. The topological polar surface area (TPSA) is 30.5 Å². The highest BCUT2D eigenvalue weighted by atomic mass is 16.6. The predicted molar refractivity (Wildman–Crippen MR) is 68.8 cm³/mol. The van der Waals surface area contributed by atoms with Crippen molar-refractivity contribution in [3.05, 3.63) is 23.8 Å². The van der Waals surface area contributed by atoms with Crippen molar-refractivity contribution in [1.29, 1.82) is 0 Å². The van der Waals surface area contributed by atoms with Crippen molar-refractivity contribution in [2.75, 3.05) is 19.8 Å². The lowest BCUT2D eigenvalue weighted by atomic mass is 10.1. The average Bonchev–Trinajstić information content (AvgIpc) is 2.38. The minimum Gasteiger partial charge on any atom is -0.486 e. The van der Waals surface area contributed by atoms with Gasteiger partial charge in [0.2, 0.25) is 0 Å². The van der Waals surface area contributed by atoms with Gasteiger partial charge in [-0.1, -0.05) is 19.4 Å². The second kappa shape index (κ2) is 5.92. The Morgan fingerprint density at radius 3 is 2.76 bits per heavy atom. The smallest absolute Gasteiger partial charge is 0.161 e. The summed E-state index contributed by atoms with van der Waals surface area (Å²) in [4.78, 5) is 0. The van der Waals surface area contributed by atoms with Crippen LogP contribution < -0.4 is 14.8 Å². The molecule has 0 bridgehead atoms. The molecule has 0 spiro atoms. The van der Waals surface area contributed by atoms with E-state index in [1.165, 1.54) is 18.4 Å². The Balaban J connectivity index is 2.00. The molecule has 3 heteroatoms. The van der Waals surface area contributed by atoms with Crippen LogP contribution in [0.1, 0.15) is 38.3 Å². The third-order valence-electron chi connectivity index (χ3n) is 3.05. The summed E-state index contributed by atoms with van der Waals surface area (Å²) in [7, 11) is 0. The van der Waals surface area contributed by atoms with Crippen molar-refractivity contribution in [2.45, 2.75) is 32.7 Å². The summed E-state index contributed by atoms with van der Waals surface area (Å²) in [5, 5.41) is 3.51. The van der Waals surface area contributed by atoms with Gasteiger partial charge in [-0.15, -0.1) is 0 Å². The van der Waals surface area contributed by atoms with Crippen LogP contribution >= 0.6 is 0 Å². The van der Waals surface area contributed by atoms with Crippen LogP contribution in [0.5, 0.6) is 11.5 Å². The van der Waals surface area contributed by atoms with Gasteiger partial charge in [-0.05, 0) is 37.6 Å². The van der Waals surface area contributed by atoms with Gasteiger partial charge in [-0.2, -0.15) is 0 Å². The lowest BCUT2D eigenvalue weighted by Crippen LogP contribution is -2.20. The Morgan fingerprint density at radius 1 is 1.24 bits per heavy atom. The zero-order chi connectivity index (χ0) is 12.1. The summed E-state index contributed by atoms with van der Waals surface area (Å²) in [6, 6.07) is 6.55. The summed E-state index contributed by atoms with van der Waals surface area (Å²) in [6.45, 7) is 6.74. The van der Waals surface area contributed by atoms with E-state index in [2.05, 4.69) is 31.3 Å². The van der Waals surface area contributed by atoms with Gasteiger partial charge in [0.25, 0.3) is 0 Å². The fourth-order valence-corrected chi connectivity index (χ4v) is 1.94. The van der Waals surface area contributed by atoms with E-state index in [9.17, 15) is 0 Å². The highest BCUT2D eigenvalue weighted by molar-refractivity contribution is 5.44. The molecule has 3 nitrogen and oxygen atoms in total. The number of benzene rings is 1. The molecule has 1 aliphatic heterocycles. The Bertz CT molecular complexity index is 365. The minimum atomic E-state index is 0.359. The highest BCUT2D eigenvalue weighted by Crippen LogP contribution is 2.32. The molecule has 1 heterocycles. The normalized spacial score (nSPS) is 15.6. The molecule has 0 amide bonds. The van der Waals surface area contributed by atoms with E-state index < -0.39 is 0 Å². The van der Waals surface area contributed by atoms with Crippen molar-refractivity contribution < 1.29 is 9.47 Å². The van der Waals surface area contributed by atoms with Crippen LogP contribution in [0.2, 0.25) is 0 Å². The summed E-state index contributed by atoms with van der Waals surface area (Å²) < 4.78 is 11.1. The fraction of sp³-hybridized carbons (Fsp3) is 0.571. The molecular weight excluding hydrogens is 214 g/mol. The Labute approximate surface area is 103 Å². The standard InChI is InChI=1S/C14H21NO2/c1-3-4-7-15-11(2)12-5-6-13-14(10-12)17-9-8-16-13/h5-6,10-11,15H,3-4,7-9H2,1-2H3. The second-order valence-electron chi connectivity index (χ2n) is 4.43. The first kappa shape index (κ1) is 12.2. The van der Waals surface area contributed by atoms with E-state index in [4.69, 9.17) is 9.47 Å². The number of ether oxygens (including phenoxy) is 2. The van der Waals surface area contributed by atoms with Crippen LogP contribution in [-0.4, -0.2) is 19.8 Å². The van der Waals surface area contributed by atoms with E-state index in [-0.39, 0.29) is 0 Å². The molecule has 1 aliphatic rings. The Hall–Kier alpha value is -1.22. The minimum absolute atomic E-state index is 0.359. The average molecular weight is 235 g/mol. The molecule has 0 saturated carbocycles. The number of unbranched alkanes of at least 4 members (excludes halogenated alkanes) is 1. The monoisotopic (exact) mass is 235 g/mol. The number of fused-ring (bicyclic) bond motifs is 1. The molecule has 1 unspecified atom stereocenters. The van der Waals surface area contributed by atoms with Crippen molar-refractivity contribution in [3.8, 4) is 11.5 Å². The largest absolute Gasteiger partial charge is 0.486 e. The number of nitrogens with one attached hydrogen (secondary N) is 1. The number of hydrogen-bond acceptors (Lipinski definition) is 3. The molecular formula is C14H21NO2.